The molecule has 1 N–H and O–H groups in total. The first-order valence-electron chi connectivity index (χ1n) is 3.98. The predicted molar refractivity (Wildman–Crippen MR) is 55.8 cm³/mol. The Kier molecular flexibility index (Phi) is 3.94. The molecule has 0 spiro atoms. The minimum atomic E-state index is 0.967. The molecule has 0 aliphatic heterocycles. The Morgan fingerprint density at radius 1 is 1.50 bits per heavy atom. The van der Waals surface area contributed by atoms with Crippen LogP contribution in [-0.2, 0) is 0 Å². The summed E-state index contributed by atoms with van der Waals surface area (Å²) in [5.74, 6) is 2.09. The van der Waals surface area contributed by atoms with Gasteiger partial charge in [0.25, 0.3) is 0 Å². The van der Waals surface area contributed by atoms with Crippen molar-refractivity contribution in [2.75, 3.05) is 23.9 Å². The number of pyridine rings is 1. The Morgan fingerprint density at radius 2 is 2.33 bits per heavy atom. The van der Waals surface area contributed by atoms with Crippen LogP contribution in [0.1, 0.15) is 5.56 Å². The van der Waals surface area contributed by atoms with E-state index >= 15 is 0 Å². The molecule has 1 heterocycles. The Balaban J connectivity index is 2.37. The van der Waals surface area contributed by atoms with Gasteiger partial charge in [0.15, 0.2) is 0 Å². The van der Waals surface area contributed by atoms with Crippen LogP contribution in [-0.4, -0.2) is 23.5 Å². The maximum absolute atomic E-state index is 4.23. The highest BCUT2D eigenvalue weighted by atomic mass is 32.2. The minimum absolute atomic E-state index is 0.967. The molecular formula is C9H14N2S. The van der Waals surface area contributed by atoms with Gasteiger partial charge in [-0.3, -0.25) is 0 Å². The lowest BCUT2D eigenvalue weighted by Gasteiger charge is -2.03. The summed E-state index contributed by atoms with van der Waals surface area (Å²) in [5, 5.41) is 3.24. The molecule has 0 fully saturated rings. The predicted octanol–water partition coefficient (Wildman–Crippen LogP) is 2.16. The van der Waals surface area contributed by atoms with Crippen molar-refractivity contribution in [3.05, 3.63) is 23.9 Å². The summed E-state index contributed by atoms with van der Waals surface area (Å²) >= 11 is 1.83. The number of nitrogens with one attached hydrogen (secondary N) is 1. The van der Waals surface area contributed by atoms with Crippen molar-refractivity contribution in [2.24, 2.45) is 0 Å². The maximum atomic E-state index is 4.23. The zero-order chi connectivity index (χ0) is 8.81. The number of thioether (sulfide) groups is 1. The highest BCUT2D eigenvalue weighted by Gasteiger charge is 1.90. The Hall–Kier alpha value is -0.700. The third-order valence-electron chi connectivity index (χ3n) is 1.52. The minimum Gasteiger partial charge on any atom is -0.369 e. The van der Waals surface area contributed by atoms with E-state index in [1.165, 1.54) is 5.56 Å². The summed E-state index contributed by atoms with van der Waals surface area (Å²) in [7, 11) is 0. The highest BCUT2D eigenvalue weighted by molar-refractivity contribution is 7.98. The standard InChI is InChI=1S/C9H14N2S/c1-8-3-4-9(11-7-8)10-5-6-12-2/h3-4,7H,5-6H2,1-2H3,(H,10,11). The van der Waals surface area contributed by atoms with Crippen molar-refractivity contribution < 1.29 is 0 Å². The van der Waals surface area contributed by atoms with Gasteiger partial charge >= 0.3 is 0 Å². The van der Waals surface area contributed by atoms with E-state index < -0.39 is 0 Å². The molecule has 1 aromatic rings. The molecular weight excluding hydrogens is 168 g/mol. The van der Waals surface area contributed by atoms with Crippen LogP contribution >= 0.6 is 11.8 Å². The van der Waals surface area contributed by atoms with E-state index in [9.17, 15) is 0 Å². The van der Waals surface area contributed by atoms with Crippen molar-refractivity contribution in [3.8, 4) is 0 Å². The molecule has 0 unspecified atom stereocenters. The van der Waals surface area contributed by atoms with E-state index in [0.29, 0.717) is 0 Å². The molecule has 0 amide bonds. The topological polar surface area (TPSA) is 24.9 Å². The van der Waals surface area contributed by atoms with Crippen LogP contribution in [0.15, 0.2) is 18.3 Å². The summed E-state index contributed by atoms with van der Waals surface area (Å²) in [6.07, 6.45) is 3.98. The van der Waals surface area contributed by atoms with Gasteiger partial charge in [0.2, 0.25) is 0 Å². The van der Waals surface area contributed by atoms with Crippen molar-refractivity contribution in [3.63, 3.8) is 0 Å². The van der Waals surface area contributed by atoms with Gasteiger partial charge in [-0.2, -0.15) is 11.8 Å². The van der Waals surface area contributed by atoms with Crippen LogP contribution in [0.5, 0.6) is 0 Å². The summed E-state index contributed by atoms with van der Waals surface area (Å²) < 4.78 is 0. The molecule has 0 saturated carbocycles. The lowest BCUT2D eigenvalue weighted by molar-refractivity contribution is 1.16. The zero-order valence-corrected chi connectivity index (χ0v) is 8.32. The molecule has 0 radical (unpaired) electrons. The second kappa shape index (κ2) is 5.04. The van der Waals surface area contributed by atoms with Gasteiger partial charge in [-0.1, -0.05) is 6.07 Å². The lowest BCUT2D eigenvalue weighted by atomic mass is 10.3. The molecule has 3 heteroatoms. The highest BCUT2D eigenvalue weighted by Crippen LogP contribution is 2.03. The molecule has 0 atom stereocenters. The first-order valence-corrected chi connectivity index (χ1v) is 5.38. The first-order chi connectivity index (χ1) is 5.83. The van der Waals surface area contributed by atoms with E-state index in [-0.39, 0.29) is 0 Å². The Morgan fingerprint density at radius 3 is 2.92 bits per heavy atom. The largest absolute Gasteiger partial charge is 0.369 e. The van der Waals surface area contributed by atoms with Crippen LogP contribution in [0, 0.1) is 6.92 Å². The van der Waals surface area contributed by atoms with Crippen LogP contribution in [0.25, 0.3) is 0 Å². The van der Waals surface area contributed by atoms with Gasteiger partial charge < -0.3 is 5.32 Å². The van der Waals surface area contributed by atoms with Crippen molar-refractivity contribution in [1.82, 2.24) is 4.98 Å². The van der Waals surface area contributed by atoms with Crippen LogP contribution in [0.3, 0.4) is 0 Å². The number of aryl methyl sites for hydroxylation is 1. The molecule has 12 heavy (non-hydrogen) atoms. The summed E-state index contributed by atoms with van der Waals surface area (Å²) in [4.78, 5) is 4.23. The van der Waals surface area contributed by atoms with E-state index in [4.69, 9.17) is 0 Å². The van der Waals surface area contributed by atoms with Gasteiger partial charge in [-0.15, -0.1) is 0 Å². The average Bonchev–Trinajstić information content (AvgIpc) is 2.09. The smallest absolute Gasteiger partial charge is 0.125 e. The lowest BCUT2D eigenvalue weighted by Crippen LogP contribution is -2.04. The number of rotatable bonds is 4. The van der Waals surface area contributed by atoms with Crippen molar-refractivity contribution in [2.45, 2.75) is 6.92 Å². The van der Waals surface area contributed by atoms with Gasteiger partial charge in [0, 0.05) is 18.5 Å². The SMILES string of the molecule is CSCCNc1ccc(C)cn1. The molecule has 1 aromatic heterocycles. The van der Waals surface area contributed by atoms with Crippen molar-refractivity contribution in [1.29, 1.82) is 0 Å². The average molecular weight is 182 g/mol. The van der Waals surface area contributed by atoms with E-state index in [0.717, 1.165) is 18.1 Å². The van der Waals surface area contributed by atoms with Crippen LogP contribution in [0.2, 0.25) is 0 Å². The molecule has 2 nitrogen and oxygen atoms in total. The first kappa shape index (κ1) is 9.39. The van der Waals surface area contributed by atoms with Gasteiger partial charge in [-0.25, -0.2) is 4.98 Å². The fraction of sp³-hybridized carbons (Fsp3) is 0.444. The number of anilines is 1. The fourth-order valence-corrected chi connectivity index (χ4v) is 1.16. The fourth-order valence-electron chi connectivity index (χ4n) is 0.854. The molecule has 1 rings (SSSR count). The molecule has 0 bridgehead atoms. The number of nitrogens with zero attached hydrogens (tertiary/aromatic N) is 1. The number of hydrogen-bond acceptors (Lipinski definition) is 3. The normalized spacial score (nSPS) is 9.83. The number of hydrogen-bond donors (Lipinski definition) is 1. The molecule has 0 aliphatic rings. The second-order valence-electron chi connectivity index (χ2n) is 2.64. The Bertz CT molecular complexity index is 220. The summed E-state index contributed by atoms with van der Waals surface area (Å²) in [6, 6.07) is 4.07. The van der Waals surface area contributed by atoms with Gasteiger partial charge in [-0.05, 0) is 24.8 Å². The molecule has 0 aromatic carbocycles. The monoisotopic (exact) mass is 182 g/mol. The summed E-state index contributed by atoms with van der Waals surface area (Å²) in [6.45, 7) is 3.02. The second-order valence-corrected chi connectivity index (χ2v) is 3.63. The number of aromatic nitrogens is 1. The quantitative estimate of drug-likeness (QED) is 0.722. The summed E-state index contributed by atoms with van der Waals surface area (Å²) in [5.41, 5.74) is 1.20. The van der Waals surface area contributed by atoms with E-state index in [1.54, 1.807) is 0 Å². The van der Waals surface area contributed by atoms with Gasteiger partial charge in [0.1, 0.15) is 5.82 Å². The maximum Gasteiger partial charge on any atom is 0.125 e. The van der Waals surface area contributed by atoms with Crippen LogP contribution < -0.4 is 5.32 Å². The third-order valence-corrected chi connectivity index (χ3v) is 2.14. The van der Waals surface area contributed by atoms with Crippen molar-refractivity contribution >= 4 is 17.6 Å². The van der Waals surface area contributed by atoms with Crippen LogP contribution in [0.4, 0.5) is 5.82 Å². The van der Waals surface area contributed by atoms with Gasteiger partial charge in [0.05, 0.1) is 0 Å². The molecule has 0 saturated heterocycles. The third kappa shape index (κ3) is 3.13. The molecule has 66 valence electrons. The van der Waals surface area contributed by atoms with E-state index in [2.05, 4.69) is 22.6 Å². The van der Waals surface area contributed by atoms with E-state index in [1.807, 2.05) is 30.9 Å². The zero-order valence-electron chi connectivity index (χ0n) is 7.50. The Labute approximate surface area is 77.8 Å². The molecule has 0 aliphatic carbocycles.